The highest BCUT2D eigenvalue weighted by Gasteiger charge is 2.36. The molecule has 0 bridgehead atoms. The second-order valence-electron chi connectivity index (χ2n) is 4.00. The van der Waals surface area contributed by atoms with E-state index in [0.717, 1.165) is 16.8 Å². The molecule has 2 heterocycles. The molecule has 3 rings (SSSR count). The van der Waals surface area contributed by atoms with E-state index in [2.05, 4.69) is 4.98 Å². The Labute approximate surface area is 97.0 Å². The smallest absolute Gasteiger partial charge is 0.335 e. The molecule has 2 unspecified atom stereocenters. The minimum Gasteiger partial charge on any atom is -0.479 e. The summed E-state index contributed by atoms with van der Waals surface area (Å²) in [7, 11) is 0. The zero-order valence-corrected chi connectivity index (χ0v) is 8.82. The van der Waals surface area contributed by atoms with E-state index in [4.69, 9.17) is 5.11 Å². The number of fused-ring (bicyclic) bond motifs is 3. The van der Waals surface area contributed by atoms with Crippen molar-refractivity contribution in [2.24, 2.45) is 0 Å². The number of rotatable bonds is 2. The van der Waals surface area contributed by atoms with Crippen molar-refractivity contribution in [1.29, 1.82) is 0 Å². The molecule has 86 valence electrons. The molecule has 0 saturated heterocycles. The molecule has 17 heavy (non-hydrogen) atoms. The van der Waals surface area contributed by atoms with Crippen LogP contribution in [0, 0.1) is 0 Å². The van der Waals surface area contributed by atoms with Crippen LogP contribution in [0.25, 0.3) is 11.3 Å². The lowest BCUT2D eigenvalue weighted by Crippen LogP contribution is -2.30. The van der Waals surface area contributed by atoms with Gasteiger partial charge in [-0.15, -0.1) is 0 Å². The van der Waals surface area contributed by atoms with Crippen molar-refractivity contribution in [2.45, 2.75) is 12.1 Å². The number of aliphatic carboxylic acids is 1. The fraction of sp³-hybridized carbons (Fsp3) is 0.167. The van der Waals surface area contributed by atoms with Crippen molar-refractivity contribution < 1.29 is 15.0 Å². The van der Waals surface area contributed by atoms with Gasteiger partial charge in [-0.1, -0.05) is 24.3 Å². The van der Waals surface area contributed by atoms with Crippen LogP contribution >= 0.6 is 0 Å². The summed E-state index contributed by atoms with van der Waals surface area (Å²) in [6, 6.07) is 6.85. The summed E-state index contributed by atoms with van der Waals surface area (Å²) in [5, 5.41) is 18.7. The Morgan fingerprint density at radius 1 is 1.41 bits per heavy atom. The third-order valence-corrected chi connectivity index (χ3v) is 3.07. The number of benzene rings is 1. The summed E-state index contributed by atoms with van der Waals surface area (Å²) in [5.74, 6) is -1.23. The van der Waals surface area contributed by atoms with E-state index in [1.807, 2.05) is 24.3 Å². The van der Waals surface area contributed by atoms with E-state index in [0.29, 0.717) is 0 Å². The Hall–Kier alpha value is -2.14. The van der Waals surface area contributed by atoms with Crippen LogP contribution in [0.2, 0.25) is 0 Å². The molecular weight excluding hydrogens is 220 g/mol. The Balaban J connectivity index is 2.21. The fourth-order valence-corrected chi connectivity index (χ4v) is 2.33. The lowest BCUT2D eigenvalue weighted by Gasteiger charge is -2.17. The zero-order chi connectivity index (χ0) is 12.0. The maximum atomic E-state index is 10.9. The van der Waals surface area contributed by atoms with Gasteiger partial charge < -0.3 is 14.8 Å². The molecule has 0 aliphatic carbocycles. The zero-order valence-electron chi connectivity index (χ0n) is 8.82. The predicted molar refractivity (Wildman–Crippen MR) is 59.4 cm³/mol. The van der Waals surface area contributed by atoms with Crippen molar-refractivity contribution >= 4 is 5.97 Å². The van der Waals surface area contributed by atoms with Crippen molar-refractivity contribution in [3.05, 3.63) is 42.4 Å². The third kappa shape index (κ3) is 1.29. The second kappa shape index (κ2) is 3.43. The predicted octanol–water partition coefficient (Wildman–Crippen LogP) is 0.898. The van der Waals surface area contributed by atoms with Gasteiger partial charge in [0.2, 0.25) is 0 Å². The molecule has 1 aromatic heterocycles. The van der Waals surface area contributed by atoms with Crippen LogP contribution in [-0.4, -0.2) is 31.8 Å². The first-order chi connectivity index (χ1) is 8.20. The Bertz CT molecular complexity index is 591. The van der Waals surface area contributed by atoms with Gasteiger partial charge in [0.1, 0.15) is 0 Å². The van der Waals surface area contributed by atoms with Crippen LogP contribution in [-0.2, 0) is 4.79 Å². The number of carboxylic acid groups (broad SMARTS) is 1. The van der Waals surface area contributed by atoms with Gasteiger partial charge >= 0.3 is 5.97 Å². The molecule has 1 aliphatic rings. The molecule has 0 spiro atoms. The summed E-state index contributed by atoms with van der Waals surface area (Å²) < 4.78 is 1.70. The average molecular weight is 230 g/mol. The molecular formula is C12H10N2O3. The lowest BCUT2D eigenvalue weighted by molar-refractivity contribution is -0.148. The highest BCUT2D eigenvalue weighted by Crippen LogP contribution is 2.40. The number of imidazole rings is 1. The number of hydrogen-bond acceptors (Lipinski definition) is 3. The summed E-state index contributed by atoms with van der Waals surface area (Å²) in [5.41, 5.74) is 2.58. The number of aromatic nitrogens is 2. The minimum absolute atomic E-state index is 0.596. The first kappa shape index (κ1) is 10.0. The number of nitrogens with zero attached hydrogens (tertiary/aromatic N) is 2. The normalized spacial score (nSPS) is 18.5. The van der Waals surface area contributed by atoms with Gasteiger partial charge in [-0.25, -0.2) is 9.78 Å². The number of aliphatic hydroxyl groups excluding tert-OH is 1. The summed E-state index contributed by atoms with van der Waals surface area (Å²) >= 11 is 0. The van der Waals surface area contributed by atoms with Gasteiger partial charge in [0, 0.05) is 5.56 Å². The second-order valence-corrected chi connectivity index (χ2v) is 4.00. The molecule has 1 aromatic carbocycles. The quantitative estimate of drug-likeness (QED) is 0.803. The SMILES string of the molecule is O=C(O)C(O)C1c2ccccc2-c2cncn21. The van der Waals surface area contributed by atoms with Crippen LogP contribution in [0.1, 0.15) is 11.6 Å². The van der Waals surface area contributed by atoms with Gasteiger partial charge in [0.25, 0.3) is 0 Å². The lowest BCUT2D eigenvalue weighted by atomic mass is 9.99. The van der Waals surface area contributed by atoms with Crippen molar-refractivity contribution in [2.75, 3.05) is 0 Å². The number of hydrogen-bond donors (Lipinski definition) is 2. The number of aliphatic hydroxyl groups is 1. The van der Waals surface area contributed by atoms with Gasteiger partial charge in [0.05, 0.1) is 24.3 Å². The molecule has 0 saturated carbocycles. The van der Waals surface area contributed by atoms with Crippen LogP contribution in [0.5, 0.6) is 0 Å². The van der Waals surface area contributed by atoms with Crippen molar-refractivity contribution in [1.82, 2.24) is 9.55 Å². The van der Waals surface area contributed by atoms with Gasteiger partial charge in [0.15, 0.2) is 6.10 Å². The number of carboxylic acids is 1. The van der Waals surface area contributed by atoms with E-state index in [-0.39, 0.29) is 0 Å². The molecule has 0 amide bonds. The molecule has 5 heteroatoms. The van der Waals surface area contributed by atoms with Crippen LogP contribution in [0.15, 0.2) is 36.8 Å². The Morgan fingerprint density at radius 3 is 2.94 bits per heavy atom. The first-order valence-electron chi connectivity index (χ1n) is 5.22. The summed E-state index contributed by atoms with van der Waals surface area (Å²) in [6.07, 6.45) is 1.76. The van der Waals surface area contributed by atoms with Crippen LogP contribution < -0.4 is 0 Å². The fourth-order valence-electron chi connectivity index (χ4n) is 2.33. The highest BCUT2D eigenvalue weighted by atomic mass is 16.4. The maximum Gasteiger partial charge on any atom is 0.335 e. The average Bonchev–Trinajstić information content (AvgIpc) is 2.87. The topological polar surface area (TPSA) is 75.3 Å². The standard InChI is InChI=1S/C12H10N2O3/c15-11(12(16)17)10-8-4-2-1-3-7(8)9-5-13-6-14(9)10/h1-6,10-11,15H,(H,16,17). The van der Waals surface area contributed by atoms with E-state index >= 15 is 0 Å². The Morgan fingerprint density at radius 2 is 2.18 bits per heavy atom. The minimum atomic E-state index is -1.47. The summed E-state index contributed by atoms with van der Waals surface area (Å²) in [6.45, 7) is 0. The first-order valence-corrected chi connectivity index (χ1v) is 5.22. The Kier molecular flexibility index (Phi) is 2.02. The van der Waals surface area contributed by atoms with Crippen LogP contribution in [0.4, 0.5) is 0 Å². The van der Waals surface area contributed by atoms with Gasteiger partial charge in [-0.2, -0.15) is 0 Å². The molecule has 0 radical (unpaired) electrons. The van der Waals surface area contributed by atoms with Crippen LogP contribution in [0.3, 0.4) is 0 Å². The highest BCUT2D eigenvalue weighted by molar-refractivity contribution is 5.77. The summed E-state index contributed by atoms with van der Waals surface area (Å²) in [4.78, 5) is 14.9. The molecule has 0 fully saturated rings. The molecule has 2 N–H and O–H groups in total. The van der Waals surface area contributed by atoms with Gasteiger partial charge in [-0.3, -0.25) is 0 Å². The largest absolute Gasteiger partial charge is 0.479 e. The molecule has 1 aliphatic heterocycles. The van der Waals surface area contributed by atoms with Crippen molar-refractivity contribution in [3.63, 3.8) is 0 Å². The monoisotopic (exact) mass is 230 g/mol. The molecule has 5 nitrogen and oxygen atoms in total. The molecule has 2 atom stereocenters. The van der Waals surface area contributed by atoms with E-state index < -0.39 is 18.1 Å². The number of carbonyl (C=O) groups is 1. The maximum absolute atomic E-state index is 10.9. The van der Waals surface area contributed by atoms with E-state index in [1.54, 1.807) is 17.1 Å². The molecule has 2 aromatic rings. The van der Waals surface area contributed by atoms with E-state index in [9.17, 15) is 9.90 Å². The van der Waals surface area contributed by atoms with E-state index in [1.165, 1.54) is 0 Å². The van der Waals surface area contributed by atoms with Gasteiger partial charge in [-0.05, 0) is 5.56 Å². The van der Waals surface area contributed by atoms with Crippen molar-refractivity contribution in [3.8, 4) is 11.3 Å². The third-order valence-electron chi connectivity index (χ3n) is 3.07.